The monoisotopic (exact) mass is 217 g/mol. The molecule has 0 atom stereocenters. The topological polar surface area (TPSA) is 28.2 Å². The first-order chi connectivity index (χ1) is 7.95. The average molecular weight is 217 g/mol. The summed E-state index contributed by atoms with van der Waals surface area (Å²) >= 11 is 0. The fourth-order valence-electron chi connectivity index (χ4n) is 1.88. The van der Waals surface area contributed by atoms with Crippen LogP contribution in [0.2, 0.25) is 0 Å². The minimum absolute atomic E-state index is 1.03. The van der Waals surface area contributed by atoms with Crippen molar-refractivity contribution in [2.75, 3.05) is 32.7 Å². The lowest BCUT2D eigenvalue weighted by Crippen LogP contribution is -2.28. The molecule has 1 aromatic heterocycles. The van der Waals surface area contributed by atoms with Gasteiger partial charge in [0.05, 0.1) is 5.69 Å². The van der Waals surface area contributed by atoms with E-state index in [1.807, 2.05) is 24.4 Å². The van der Waals surface area contributed by atoms with Crippen molar-refractivity contribution in [3.63, 3.8) is 0 Å². The molecule has 0 amide bonds. The molecule has 0 bridgehead atoms. The number of nitrogens with zero attached hydrogens (tertiary/aromatic N) is 2. The molecule has 0 spiro atoms. The first-order valence-electron chi connectivity index (χ1n) is 5.96. The third kappa shape index (κ3) is 3.76. The predicted octanol–water partition coefficient (Wildman–Crippen LogP) is 1.39. The Bertz CT molecular complexity index is 313. The summed E-state index contributed by atoms with van der Waals surface area (Å²) in [5.74, 6) is 0. The first kappa shape index (κ1) is 11.3. The molecule has 1 N–H and O–H groups in total. The zero-order valence-electron chi connectivity index (χ0n) is 9.60. The molecule has 86 valence electrons. The first-order valence-corrected chi connectivity index (χ1v) is 5.96. The van der Waals surface area contributed by atoms with Crippen molar-refractivity contribution in [3.05, 3.63) is 36.2 Å². The number of hydrogen-bond acceptors (Lipinski definition) is 3. The number of aromatic nitrogens is 1. The molecule has 2 rings (SSSR count). The van der Waals surface area contributed by atoms with E-state index in [0.717, 1.165) is 31.9 Å². The number of nitrogens with one attached hydrogen (secondary N) is 1. The second-order valence-electron chi connectivity index (χ2n) is 4.06. The highest BCUT2D eigenvalue weighted by atomic mass is 15.1. The molecule has 2 heterocycles. The SMILES string of the molecule is C(=C\c1ccccn1)/CN1CCCNCC1. The second-order valence-corrected chi connectivity index (χ2v) is 4.06. The van der Waals surface area contributed by atoms with Crippen molar-refractivity contribution in [1.29, 1.82) is 0 Å². The van der Waals surface area contributed by atoms with Crippen LogP contribution in [0.1, 0.15) is 12.1 Å². The van der Waals surface area contributed by atoms with Gasteiger partial charge in [0.1, 0.15) is 0 Å². The third-order valence-corrected chi connectivity index (χ3v) is 2.77. The van der Waals surface area contributed by atoms with Crippen LogP contribution >= 0.6 is 0 Å². The van der Waals surface area contributed by atoms with E-state index in [1.165, 1.54) is 13.0 Å². The molecule has 1 aromatic rings. The Kier molecular flexibility index (Phi) is 4.52. The van der Waals surface area contributed by atoms with Crippen LogP contribution in [-0.2, 0) is 0 Å². The van der Waals surface area contributed by atoms with Crippen LogP contribution in [0.4, 0.5) is 0 Å². The fraction of sp³-hybridized carbons (Fsp3) is 0.462. The van der Waals surface area contributed by atoms with Gasteiger partial charge in [0.25, 0.3) is 0 Å². The maximum atomic E-state index is 4.26. The standard InChI is InChI=1S/C13H19N3/c1-2-8-15-13(5-1)6-3-10-16-11-4-7-14-9-12-16/h1-3,5-6,8,14H,4,7,9-12H2/b6-3+. The average Bonchev–Trinajstić information content (AvgIpc) is 2.59. The highest BCUT2D eigenvalue weighted by molar-refractivity contribution is 5.43. The van der Waals surface area contributed by atoms with Gasteiger partial charge >= 0.3 is 0 Å². The molecule has 1 aliphatic rings. The Hall–Kier alpha value is -1.19. The summed E-state index contributed by atoms with van der Waals surface area (Å²) in [5.41, 5.74) is 1.04. The largest absolute Gasteiger partial charge is 0.315 e. The van der Waals surface area contributed by atoms with E-state index in [2.05, 4.69) is 27.4 Å². The summed E-state index contributed by atoms with van der Waals surface area (Å²) < 4.78 is 0. The molecule has 0 aromatic carbocycles. The second kappa shape index (κ2) is 6.40. The fourth-order valence-corrected chi connectivity index (χ4v) is 1.88. The molecule has 3 heteroatoms. The van der Waals surface area contributed by atoms with Crippen molar-refractivity contribution in [3.8, 4) is 0 Å². The van der Waals surface area contributed by atoms with E-state index in [-0.39, 0.29) is 0 Å². The van der Waals surface area contributed by atoms with Crippen molar-refractivity contribution < 1.29 is 0 Å². The summed E-state index contributed by atoms with van der Waals surface area (Å²) in [5, 5.41) is 3.41. The maximum absolute atomic E-state index is 4.26. The molecule has 0 unspecified atom stereocenters. The minimum Gasteiger partial charge on any atom is -0.315 e. The van der Waals surface area contributed by atoms with Gasteiger partial charge in [0.15, 0.2) is 0 Å². The molecule has 16 heavy (non-hydrogen) atoms. The number of rotatable bonds is 3. The summed E-state index contributed by atoms with van der Waals surface area (Å²) in [6.45, 7) is 5.63. The summed E-state index contributed by atoms with van der Waals surface area (Å²) in [6, 6.07) is 5.99. The quantitative estimate of drug-likeness (QED) is 0.829. The highest BCUT2D eigenvalue weighted by Gasteiger charge is 2.05. The molecular formula is C13H19N3. The van der Waals surface area contributed by atoms with Crippen LogP contribution in [0, 0.1) is 0 Å². The lowest BCUT2D eigenvalue weighted by Gasteiger charge is -2.16. The predicted molar refractivity (Wildman–Crippen MR) is 67.2 cm³/mol. The zero-order valence-corrected chi connectivity index (χ0v) is 9.60. The van der Waals surface area contributed by atoms with Crippen LogP contribution in [0.25, 0.3) is 6.08 Å². The van der Waals surface area contributed by atoms with Gasteiger partial charge < -0.3 is 5.32 Å². The van der Waals surface area contributed by atoms with Gasteiger partial charge in [0, 0.05) is 25.8 Å². The van der Waals surface area contributed by atoms with Gasteiger partial charge in [-0.05, 0) is 37.7 Å². The Morgan fingerprint density at radius 1 is 1.31 bits per heavy atom. The Morgan fingerprint density at radius 3 is 3.19 bits per heavy atom. The van der Waals surface area contributed by atoms with E-state index in [0.29, 0.717) is 0 Å². The van der Waals surface area contributed by atoms with Crippen LogP contribution in [0.15, 0.2) is 30.5 Å². The molecule has 1 fully saturated rings. The summed E-state index contributed by atoms with van der Waals surface area (Å²) in [4.78, 5) is 6.73. The van der Waals surface area contributed by atoms with Crippen molar-refractivity contribution in [1.82, 2.24) is 15.2 Å². The van der Waals surface area contributed by atoms with Crippen LogP contribution in [-0.4, -0.2) is 42.6 Å². The van der Waals surface area contributed by atoms with Gasteiger partial charge in [0.2, 0.25) is 0 Å². The van der Waals surface area contributed by atoms with E-state index < -0.39 is 0 Å². The normalized spacial score (nSPS) is 18.8. The van der Waals surface area contributed by atoms with Crippen molar-refractivity contribution in [2.24, 2.45) is 0 Å². The van der Waals surface area contributed by atoms with E-state index in [9.17, 15) is 0 Å². The van der Waals surface area contributed by atoms with Gasteiger partial charge in [-0.3, -0.25) is 9.88 Å². The highest BCUT2D eigenvalue weighted by Crippen LogP contribution is 1.99. The van der Waals surface area contributed by atoms with Gasteiger partial charge in [-0.2, -0.15) is 0 Å². The van der Waals surface area contributed by atoms with E-state index in [1.54, 1.807) is 0 Å². The maximum Gasteiger partial charge on any atom is 0.0626 e. The number of pyridine rings is 1. The lowest BCUT2D eigenvalue weighted by molar-refractivity contribution is 0.324. The van der Waals surface area contributed by atoms with Crippen molar-refractivity contribution in [2.45, 2.75) is 6.42 Å². The van der Waals surface area contributed by atoms with Gasteiger partial charge in [-0.25, -0.2) is 0 Å². The van der Waals surface area contributed by atoms with Gasteiger partial charge in [-0.1, -0.05) is 12.1 Å². The molecule has 0 saturated carbocycles. The summed E-state index contributed by atoms with van der Waals surface area (Å²) in [7, 11) is 0. The molecular weight excluding hydrogens is 198 g/mol. The zero-order chi connectivity index (χ0) is 11.1. The van der Waals surface area contributed by atoms with Crippen LogP contribution in [0.3, 0.4) is 0 Å². The van der Waals surface area contributed by atoms with Crippen LogP contribution in [0.5, 0.6) is 0 Å². The molecule has 0 aliphatic carbocycles. The third-order valence-electron chi connectivity index (χ3n) is 2.77. The Morgan fingerprint density at radius 2 is 2.31 bits per heavy atom. The molecule has 1 saturated heterocycles. The van der Waals surface area contributed by atoms with Gasteiger partial charge in [-0.15, -0.1) is 0 Å². The smallest absolute Gasteiger partial charge is 0.0626 e. The summed E-state index contributed by atoms with van der Waals surface area (Å²) in [6.07, 6.45) is 7.37. The molecule has 1 aliphatic heterocycles. The minimum atomic E-state index is 1.03. The van der Waals surface area contributed by atoms with E-state index >= 15 is 0 Å². The Labute approximate surface area is 97.2 Å². The number of hydrogen-bond donors (Lipinski definition) is 1. The molecule has 3 nitrogen and oxygen atoms in total. The molecule has 0 radical (unpaired) electrons. The Balaban J connectivity index is 1.79. The lowest BCUT2D eigenvalue weighted by atomic mass is 10.3. The van der Waals surface area contributed by atoms with Crippen LogP contribution < -0.4 is 5.32 Å². The van der Waals surface area contributed by atoms with Crippen molar-refractivity contribution >= 4 is 6.08 Å². The van der Waals surface area contributed by atoms with E-state index in [4.69, 9.17) is 0 Å².